The summed E-state index contributed by atoms with van der Waals surface area (Å²) in [6, 6.07) is 3.93. The summed E-state index contributed by atoms with van der Waals surface area (Å²) in [5, 5.41) is 4.35. The summed E-state index contributed by atoms with van der Waals surface area (Å²) in [6.07, 6.45) is 1.43. The minimum atomic E-state index is -0.521. The Morgan fingerprint density at radius 1 is 1.45 bits per heavy atom. The molecule has 1 aromatic heterocycles. The van der Waals surface area contributed by atoms with Gasteiger partial charge < -0.3 is 4.74 Å². The Morgan fingerprint density at radius 3 is 2.75 bits per heavy atom. The highest BCUT2D eigenvalue weighted by Gasteiger charge is 2.21. The molecule has 0 aliphatic rings. The molecule has 0 bridgehead atoms. The number of ketones is 1. The number of benzene rings is 1. The maximum absolute atomic E-state index is 13.4. The molecule has 0 unspecified atom stereocenters. The van der Waals surface area contributed by atoms with E-state index in [4.69, 9.17) is 16.3 Å². The van der Waals surface area contributed by atoms with E-state index in [1.165, 1.54) is 31.5 Å². The van der Waals surface area contributed by atoms with E-state index in [-0.39, 0.29) is 28.3 Å². The van der Waals surface area contributed by atoms with Gasteiger partial charge in [-0.15, -0.1) is 0 Å². The molecule has 0 aliphatic heterocycles. The molecule has 0 atom stereocenters. The number of nitrogens with zero attached hydrogens (tertiary/aromatic N) is 2. The molecule has 0 radical (unpaired) electrons. The van der Waals surface area contributed by atoms with Gasteiger partial charge >= 0.3 is 0 Å². The first-order chi connectivity index (χ1) is 9.45. The summed E-state index contributed by atoms with van der Waals surface area (Å²) >= 11 is 6.03. The first-order valence-electron chi connectivity index (χ1n) is 6.07. The van der Waals surface area contributed by atoms with Crippen LogP contribution in [0, 0.1) is 5.82 Å². The van der Waals surface area contributed by atoms with Gasteiger partial charge in [0.15, 0.2) is 11.6 Å². The molecule has 0 amide bonds. The van der Waals surface area contributed by atoms with Gasteiger partial charge in [0.05, 0.1) is 18.3 Å². The topological polar surface area (TPSA) is 44.1 Å². The number of carbonyl (C=O) groups excluding carboxylic acids is 1. The Balaban J connectivity index is 2.49. The molecule has 2 aromatic rings. The van der Waals surface area contributed by atoms with Gasteiger partial charge in [-0.2, -0.15) is 5.10 Å². The Hall–Kier alpha value is -1.88. The quantitative estimate of drug-likeness (QED) is 0.811. The fourth-order valence-corrected chi connectivity index (χ4v) is 2.10. The van der Waals surface area contributed by atoms with Crippen molar-refractivity contribution in [1.29, 1.82) is 0 Å². The SMILES string of the molecule is COc1cc(C(=O)c2c(Cl)cnn2C(C)C)ccc1F. The van der Waals surface area contributed by atoms with Crippen LogP contribution in [0.5, 0.6) is 5.75 Å². The second kappa shape index (κ2) is 5.63. The molecule has 6 heteroatoms. The van der Waals surface area contributed by atoms with Crippen molar-refractivity contribution in [3.8, 4) is 5.75 Å². The van der Waals surface area contributed by atoms with E-state index in [0.29, 0.717) is 5.56 Å². The van der Waals surface area contributed by atoms with Gasteiger partial charge in [0.25, 0.3) is 0 Å². The van der Waals surface area contributed by atoms with Gasteiger partial charge in [-0.05, 0) is 32.0 Å². The molecule has 20 heavy (non-hydrogen) atoms. The number of ether oxygens (including phenoxy) is 1. The largest absolute Gasteiger partial charge is 0.494 e. The van der Waals surface area contributed by atoms with Gasteiger partial charge in [-0.1, -0.05) is 11.6 Å². The zero-order chi connectivity index (χ0) is 14.9. The molecular formula is C14H14ClFN2O2. The predicted molar refractivity (Wildman–Crippen MR) is 74.0 cm³/mol. The molecule has 0 saturated heterocycles. The van der Waals surface area contributed by atoms with Crippen LogP contribution in [0.1, 0.15) is 35.9 Å². The number of carbonyl (C=O) groups is 1. The molecule has 0 fully saturated rings. The predicted octanol–water partition coefficient (Wildman–Crippen LogP) is 3.50. The number of rotatable bonds is 4. The first kappa shape index (κ1) is 14.5. The molecule has 0 aliphatic carbocycles. The first-order valence-corrected chi connectivity index (χ1v) is 6.44. The molecule has 0 N–H and O–H groups in total. The third-order valence-electron chi connectivity index (χ3n) is 2.87. The van der Waals surface area contributed by atoms with Crippen molar-refractivity contribution in [3.63, 3.8) is 0 Å². The second-order valence-electron chi connectivity index (χ2n) is 4.56. The van der Waals surface area contributed by atoms with Gasteiger partial charge in [-0.25, -0.2) is 4.39 Å². The van der Waals surface area contributed by atoms with E-state index >= 15 is 0 Å². The average molecular weight is 297 g/mol. The standard InChI is InChI=1S/C14H14ClFN2O2/c1-8(2)18-13(10(15)7-17-18)14(19)9-4-5-11(16)12(6-9)20-3/h4-8H,1-3H3. The fraction of sp³-hybridized carbons (Fsp3) is 0.286. The van der Waals surface area contributed by atoms with Crippen LogP contribution in [0.15, 0.2) is 24.4 Å². The zero-order valence-corrected chi connectivity index (χ0v) is 12.1. The van der Waals surface area contributed by atoms with Crippen molar-refractivity contribution in [2.75, 3.05) is 7.11 Å². The minimum absolute atomic E-state index is 0.0104. The van der Waals surface area contributed by atoms with Crippen LogP contribution in [-0.2, 0) is 0 Å². The van der Waals surface area contributed by atoms with Gasteiger partial charge in [0.1, 0.15) is 5.69 Å². The minimum Gasteiger partial charge on any atom is -0.494 e. The summed E-state index contributed by atoms with van der Waals surface area (Å²) in [4.78, 5) is 12.5. The van der Waals surface area contributed by atoms with Crippen molar-refractivity contribution in [2.45, 2.75) is 19.9 Å². The van der Waals surface area contributed by atoms with Crippen LogP contribution < -0.4 is 4.74 Å². The van der Waals surface area contributed by atoms with Gasteiger partial charge in [0, 0.05) is 11.6 Å². The highest BCUT2D eigenvalue weighted by molar-refractivity contribution is 6.34. The van der Waals surface area contributed by atoms with E-state index in [0.717, 1.165) is 0 Å². The summed E-state index contributed by atoms with van der Waals surface area (Å²) in [5.41, 5.74) is 0.586. The Morgan fingerprint density at radius 2 is 2.15 bits per heavy atom. The highest BCUT2D eigenvalue weighted by atomic mass is 35.5. The summed E-state index contributed by atoms with van der Waals surface area (Å²) in [7, 11) is 1.35. The van der Waals surface area contributed by atoms with Crippen molar-refractivity contribution < 1.29 is 13.9 Å². The lowest BCUT2D eigenvalue weighted by Gasteiger charge is -2.11. The maximum Gasteiger partial charge on any atom is 0.212 e. The number of hydrogen-bond donors (Lipinski definition) is 0. The Kier molecular flexibility index (Phi) is 4.09. The molecular weight excluding hydrogens is 283 g/mol. The summed E-state index contributed by atoms with van der Waals surface area (Å²) < 4.78 is 19.8. The number of methoxy groups -OCH3 is 1. The molecule has 1 heterocycles. The summed E-state index contributed by atoms with van der Waals surface area (Å²) in [5.74, 6) is -0.824. The highest BCUT2D eigenvalue weighted by Crippen LogP contribution is 2.25. The molecule has 2 rings (SSSR count). The van der Waals surface area contributed by atoms with Crippen molar-refractivity contribution in [2.24, 2.45) is 0 Å². The van der Waals surface area contributed by atoms with Crippen LogP contribution in [0.2, 0.25) is 5.02 Å². The lowest BCUT2D eigenvalue weighted by molar-refractivity contribution is 0.102. The van der Waals surface area contributed by atoms with E-state index in [1.54, 1.807) is 4.68 Å². The van der Waals surface area contributed by atoms with Gasteiger partial charge in [0.2, 0.25) is 5.78 Å². The van der Waals surface area contributed by atoms with E-state index in [2.05, 4.69) is 5.10 Å². The van der Waals surface area contributed by atoms with Crippen molar-refractivity contribution in [1.82, 2.24) is 9.78 Å². The van der Waals surface area contributed by atoms with Gasteiger partial charge in [-0.3, -0.25) is 9.48 Å². The van der Waals surface area contributed by atoms with E-state index in [1.807, 2.05) is 13.8 Å². The normalized spacial score (nSPS) is 10.9. The van der Waals surface area contributed by atoms with Crippen LogP contribution in [0.3, 0.4) is 0 Å². The van der Waals surface area contributed by atoms with Crippen molar-refractivity contribution in [3.05, 3.63) is 46.5 Å². The molecule has 0 spiro atoms. The molecule has 106 valence electrons. The maximum atomic E-state index is 13.4. The zero-order valence-electron chi connectivity index (χ0n) is 11.4. The smallest absolute Gasteiger partial charge is 0.212 e. The van der Waals surface area contributed by atoms with Crippen LogP contribution in [0.25, 0.3) is 0 Å². The third kappa shape index (κ3) is 2.54. The van der Waals surface area contributed by atoms with E-state index in [9.17, 15) is 9.18 Å². The second-order valence-corrected chi connectivity index (χ2v) is 4.97. The lowest BCUT2D eigenvalue weighted by atomic mass is 10.1. The van der Waals surface area contributed by atoms with E-state index < -0.39 is 5.82 Å². The Labute approximate surface area is 121 Å². The van der Waals surface area contributed by atoms with Crippen LogP contribution in [-0.4, -0.2) is 22.7 Å². The molecule has 1 aromatic carbocycles. The number of halogens is 2. The third-order valence-corrected chi connectivity index (χ3v) is 3.14. The van der Waals surface area contributed by atoms with Crippen LogP contribution >= 0.6 is 11.6 Å². The monoisotopic (exact) mass is 296 g/mol. The fourth-order valence-electron chi connectivity index (χ4n) is 1.88. The summed E-state index contributed by atoms with van der Waals surface area (Å²) in [6.45, 7) is 3.79. The number of aromatic nitrogens is 2. The van der Waals surface area contributed by atoms with Crippen molar-refractivity contribution >= 4 is 17.4 Å². The Bertz CT molecular complexity index is 653. The number of hydrogen-bond acceptors (Lipinski definition) is 3. The average Bonchev–Trinajstić information content (AvgIpc) is 2.80. The molecule has 0 saturated carbocycles. The lowest BCUT2D eigenvalue weighted by Crippen LogP contribution is -2.14. The molecule has 4 nitrogen and oxygen atoms in total. The van der Waals surface area contributed by atoms with Crippen LogP contribution in [0.4, 0.5) is 4.39 Å².